The highest BCUT2D eigenvalue weighted by Gasteiger charge is 2.58. The Morgan fingerprint density at radius 1 is 0.375 bits per heavy atom. The summed E-state index contributed by atoms with van der Waals surface area (Å²) in [6, 6.07) is 24.4. The molecule has 2 aliphatic carbocycles. The van der Waals surface area contributed by atoms with Crippen molar-refractivity contribution in [3.05, 3.63) is 165 Å². The lowest BCUT2D eigenvalue weighted by molar-refractivity contribution is -0.123. The van der Waals surface area contributed by atoms with Crippen molar-refractivity contribution < 1.29 is 27.2 Å². The molecular weight excluding hydrogens is 1980 g/mol. The summed E-state index contributed by atoms with van der Waals surface area (Å²) < 4.78 is 70.5. The second-order valence-electron chi connectivity index (χ2n) is 37.1. The molecule has 136 heavy (non-hydrogen) atoms. The van der Waals surface area contributed by atoms with Crippen LogP contribution in [0, 0.1) is 71.1 Å². The predicted molar refractivity (Wildman–Crippen MR) is 594 cm³/mol. The largest absolute Gasteiger partial charge is 0.293 e. The van der Waals surface area contributed by atoms with Gasteiger partial charge in [-0.25, -0.2) is 19.9 Å². The summed E-state index contributed by atoms with van der Waals surface area (Å²) in [6.45, 7) is 23.1. The lowest BCUT2D eigenvalue weighted by Gasteiger charge is -2.30. The Kier molecular flexibility index (Phi) is 34.5. The van der Waals surface area contributed by atoms with E-state index in [1.165, 1.54) is 261 Å². The van der Waals surface area contributed by atoms with E-state index in [-0.39, 0.29) is 39.8 Å². The van der Waals surface area contributed by atoms with Gasteiger partial charge < -0.3 is 0 Å². The van der Waals surface area contributed by atoms with Crippen LogP contribution in [0.15, 0.2) is 70.5 Å². The molecule has 0 N–H and O–H groups in total. The zero-order chi connectivity index (χ0) is 95.1. The molecule has 2 fully saturated rings. The van der Waals surface area contributed by atoms with Gasteiger partial charge in [-0.05, 0) is 160 Å². The third-order valence-corrected chi connectivity index (χ3v) is 44.1. The molecule has 27 heteroatoms. The number of hydrogen-bond acceptors (Lipinski definition) is 21. The van der Waals surface area contributed by atoms with E-state index in [4.69, 9.17) is 24.4 Å². The van der Waals surface area contributed by atoms with Crippen LogP contribution in [0.25, 0.3) is 92.0 Å². The zero-order valence-corrected chi connectivity index (χ0v) is 91.8. The fourth-order valence-electron chi connectivity index (χ4n) is 20.4. The van der Waals surface area contributed by atoms with Gasteiger partial charge in [-0.15, -0.1) is 125 Å². The van der Waals surface area contributed by atoms with Crippen LogP contribution in [0.1, 0.15) is 339 Å². The van der Waals surface area contributed by atoms with Crippen LogP contribution in [0.5, 0.6) is 0 Å². The minimum absolute atomic E-state index is 0.0749. The number of unbranched alkanes of at least 4 members (excludes halogenated alkanes) is 15. The Balaban J connectivity index is 0.952. The number of halogens is 4. The van der Waals surface area contributed by atoms with E-state index >= 15 is 17.6 Å². The van der Waals surface area contributed by atoms with Gasteiger partial charge in [0.05, 0.1) is 73.8 Å². The summed E-state index contributed by atoms with van der Waals surface area (Å²) in [5.74, 6) is 9.07. The fourth-order valence-corrected chi connectivity index (χ4v) is 38.4. The zero-order valence-electron chi connectivity index (χ0n) is 79.5. The highest BCUT2D eigenvalue weighted by Crippen LogP contribution is 2.74. The molecule has 0 saturated carbocycles. The van der Waals surface area contributed by atoms with Crippen LogP contribution in [-0.4, -0.2) is 63.3 Å². The van der Waals surface area contributed by atoms with E-state index in [2.05, 4.69) is 167 Å². The molecular formula is C109H120F4N6O2S15. The molecule has 2 saturated heterocycles. The van der Waals surface area contributed by atoms with Crippen molar-refractivity contribution in [2.45, 2.75) is 305 Å². The first-order chi connectivity index (χ1) is 66.3. The van der Waals surface area contributed by atoms with Crippen LogP contribution in [-0.2, 0) is 46.1 Å². The molecule has 17 rings (SSSR count). The van der Waals surface area contributed by atoms with Crippen LogP contribution >= 0.6 is 173 Å². The number of aromatic nitrogens is 4. The van der Waals surface area contributed by atoms with Crippen molar-refractivity contribution in [3.8, 4) is 62.7 Å². The summed E-state index contributed by atoms with van der Waals surface area (Å²) in [6.07, 6.45) is 42.3. The number of hydrogen-bond donors (Lipinski definition) is 0. The second kappa shape index (κ2) is 46.2. The summed E-state index contributed by atoms with van der Waals surface area (Å²) in [5, 5.41) is 0. The Bertz CT molecular complexity index is 6670. The molecule has 0 radical (unpaired) electrons. The summed E-state index contributed by atoms with van der Waals surface area (Å²) >= 11 is 33.9. The molecule has 4 aliphatic rings. The van der Waals surface area contributed by atoms with Crippen LogP contribution in [0.2, 0.25) is 0 Å². The molecule has 0 bridgehead atoms. The number of amides is 2. The molecule has 13 aromatic rings. The lowest BCUT2D eigenvalue weighted by Crippen LogP contribution is -2.28. The molecule has 5 unspecified atom stereocenters. The van der Waals surface area contributed by atoms with Gasteiger partial charge in [-0.2, -0.15) is 17.6 Å². The molecule has 716 valence electrons. The summed E-state index contributed by atoms with van der Waals surface area (Å²) in [7, 11) is 0. The second-order valence-corrected chi connectivity index (χ2v) is 52.5. The molecule has 0 aromatic carbocycles. The molecule has 2 aliphatic heterocycles. The minimum Gasteiger partial charge on any atom is -0.293 e. The minimum atomic E-state index is -1.31. The number of carbonyl (C=O) groups is 2. The third kappa shape index (κ3) is 20.6. The van der Waals surface area contributed by atoms with Gasteiger partial charge >= 0.3 is 0 Å². The van der Waals surface area contributed by atoms with Crippen molar-refractivity contribution in [3.63, 3.8) is 0 Å². The van der Waals surface area contributed by atoms with Gasteiger partial charge in [0.1, 0.15) is 30.7 Å². The molecule has 5 atom stereocenters. The normalized spacial score (nSPS) is 17.4. The van der Waals surface area contributed by atoms with Crippen molar-refractivity contribution >= 4 is 246 Å². The number of thioether (sulfide) groups is 2. The average molecular weight is 2100 g/mol. The van der Waals surface area contributed by atoms with Gasteiger partial charge in [-0.1, -0.05) is 302 Å². The number of rotatable bonds is 49. The average Bonchev–Trinajstić information content (AvgIpc) is 1.47. The smallest absolute Gasteiger partial charge is 0.269 e. The van der Waals surface area contributed by atoms with Crippen molar-refractivity contribution in [1.29, 1.82) is 0 Å². The van der Waals surface area contributed by atoms with E-state index in [1.807, 2.05) is 86.3 Å². The molecule has 15 heterocycles. The predicted octanol–water partition coefficient (Wildman–Crippen LogP) is 36.5. The Morgan fingerprint density at radius 3 is 1.18 bits per heavy atom. The van der Waals surface area contributed by atoms with Crippen molar-refractivity contribution in [1.82, 2.24) is 29.7 Å². The maximum atomic E-state index is 16.5. The van der Waals surface area contributed by atoms with Crippen LogP contribution in [0.4, 0.5) is 17.6 Å². The Morgan fingerprint density at radius 2 is 0.750 bits per heavy atom. The summed E-state index contributed by atoms with van der Waals surface area (Å²) in [5.41, 5.74) is 4.04. The van der Waals surface area contributed by atoms with Gasteiger partial charge in [0, 0.05) is 89.2 Å². The highest BCUT2D eigenvalue weighted by atomic mass is 32.2. The maximum absolute atomic E-state index is 16.5. The first-order valence-corrected chi connectivity index (χ1v) is 61.1. The topological polar surface area (TPSA) is 92.2 Å². The highest BCUT2D eigenvalue weighted by molar-refractivity contribution is 8.27. The van der Waals surface area contributed by atoms with Crippen LogP contribution in [0.3, 0.4) is 0 Å². The fraction of sp³-hybridized carbons (Fsp3) is 0.486. The van der Waals surface area contributed by atoms with Crippen LogP contribution < -0.4 is 0 Å². The number of fused-ring (bicyclic) bond motifs is 13. The molecule has 13 aromatic heterocycles. The molecule has 0 spiro atoms. The van der Waals surface area contributed by atoms with E-state index in [9.17, 15) is 9.59 Å². The van der Waals surface area contributed by atoms with Crippen molar-refractivity contribution in [2.24, 2.45) is 23.7 Å². The molecule has 8 nitrogen and oxygen atoms in total. The van der Waals surface area contributed by atoms with E-state index < -0.39 is 34.6 Å². The maximum Gasteiger partial charge on any atom is 0.269 e. The van der Waals surface area contributed by atoms with Gasteiger partial charge in [0.2, 0.25) is 0 Å². The Labute approximate surface area is 863 Å². The first-order valence-electron chi connectivity index (χ1n) is 49.7. The number of nitrogens with zero attached hydrogens (tertiary/aromatic N) is 6. The number of carbonyl (C=O) groups excluding carboxylic acids is 2. The lowest BCUT2D eigenvalue weighted by atomic mass is 9.75. The van der Waals surface area contributed by atoms with Gasteiger partial charge in [0.15, 0.2) is 0 Å². The number of thiophene rings is 11. The van der Waals surface area contributed by atoms with E-state index in [0.717, 1.165) is 119 Å². The number of thiocarbonyl (C=S) groups is 2. The quantitative estimate of drug-likeness (QED) is 0.0121. The monoisotopic (exact) mass is 2100 g/mol. The van der Waals surface area contributed by atoms with Crippen molar-refractivity contribution in [2.75, 3.05) is 13.1 Å². The standard InChI is InChI=1S/C109H120F4N6O2S15/c1-11-21-31-35-43-65(39-26-16-6)57-69-47-51-81(125-69)108(80-50-46-68(124-80)56-64(38-25-15-5)42-34-24-14-4)72-60-75(93-89-87(114-100(110)102(112)116-89)73(128-93)61-78-104(120)118(54-29-19-9)106(122)133-78)130-91(72)95-85(108)97-99(135-95)86-98(136-97)96-84(92-76(132-96)63-77(131-92)94-90-88(115-101(111)103(113)117-90)74(129-94)62-79-105(121)119(55-30-20-10)107(123)134-79)109(86,82-52-48-70(126-82)58-66(40-27-17-7)44-36-32-22-12-2)83-53-49-71(127-83)59-67(41-28-18-8)45-37-33-23-13-3/h46-53,60-67H,11-13,15-23,25-33,35-41,43-45,54-59H2,1-10H3/b78-61+,79-62+. The first kappa shape index (κ1) is 102. The summed E-state index contributed by atoms with van der Waals surface area (Å²) in [4.78, 5) is 69.8. The van der Waals surface area contributed by atoms with Gasteiger partial charge in [-0.3, -0.25) is 19.4 Å². The van der Waals surface area contributed by atoms with E-state index in [1.54, 1.807) is 44.6 Å². The third-order valence-electron chi connectivity index (χ3n) is 27.4. The van der Waals surface area contributed by atoms with Gasteiger partial charge in [0.25, 0.3) is 35.6 Å². The van der Waals surface area contributed by atoms with E-state index in [0.29, 0.717) is 68.8 Å². The molecule has 2 amide bonds. The SMILES string of the molecule is CC#CC#CC(CCCC)Cc1ccc(C2(c3ccc(CC(CCCC)CCCCCC)s3)c3cc(-c4sc(/C=C5/SC(=S)N(CCCC)C5=O)c5nc(F)c(F)nc45)sc3-c3sc4c5c(sc4c32)-c2sc3cc(-c4sc(/C=C6/SC(=S)N(CCCC)C6=O)c6nc(F)c(F)nc46)sc3c2C5(c2ccc(CC(CCCC)CCCCCC)s2)c2ccc(CC(CCCC)CCCCCC)s2)s1. The Hall–Kier alpha value is -5.96.